The molecule has 9 nitrogen and oxygen atoms in total. The van der Waals surface area contributed by atoms with Crippen molar-refractivity contribution in [2.75, 3.05) is 49.5 Å². The fraction of sp³-hybridized carbons (Fsp3) is 0.667. The molecule has 148 valence electrons. The summed E-state index contributed by atoms with van der Waals surface area (Å²) in [6, 6.07) is 0. The number of ether oxygens (including phenoxy) is 1. The number of aromatic nitrogens is 4. The van der Waals surface area contributed by atoms with Crippen LogP contribution in [0.15, 0.2) is 0 Å². The van der Waals surface area contributed by atoms with Crippen LogP contribution < -0.4 is 10.2 Å². The van der Waals surface area contributed by atoms with Gasteiger partial charge in [-0.1, -0.05) is 13.3 Å². The molecule has 0 aliphatic carbocycles. The molecule has 1 aliphatic heterocycles. The Morgan fingerprint density at radius 3 is 2.56 bits per heavy atom. The highest BCUT2D eigenvalue weighted by Crippen LogP contribution is 2.24. The van der Waals surface area contributed by atoms with Gasteiger partial charge in [-0.15, -0.1) is 0 Å². The predicted molar refractivity (Wildman–Crippen MR) is 105 cm³/mol. The molecule has 0 atom stereocenters. The smallest absolute Gasteiger partial charge is 0.409 e. The van der Waals surface area contributed by atoms with E-state index in [1.165, 1.54) is 0 Å². The van der Waals surface area contributed by atoms with Gasteiger partial charge in [0, 0.05) is 39.8 Å². The van der Waals surface area contributed by atoms with Gasteiger partial charge in [-0.05, 0) is 20.3 Å². The molecule has 1 fully saturated rings. The van der Waals surface area contributed by atoms with Crippen molar-refractivity contribution >= 4 is 29.0 Å². The lowest BCUT2D eigenvalue weighted by atomic mass is 10.3. The van der Waals surface area contributed by atoms with E-state index in [-0.39, 0.29) is 6.09 Å². The molecule has 0 aromatic carbocycles. The first-order chi connectivity index (χ1) is 13.0. The molecule has 1 N–H and O–H groups in total. The Morgan fingerprint density at radius 2 is 1.89 bits per heavy atom. The summed E-state index contributed by atoms with van der Waals surface area (Å²) in [7, 11) is 1.97. The summed E-state index contributed by atoms with van der Waals surface area (Å²) in [5, 5.41) is 3.41. The van der Waals surface area contributed by atoms with Gasteiger partial charge in [-0.25, -0.2) is 9.78 Å². The lowest BCUT2D eigenvalue weighted by molar-refractivity contribution is 0.105. The van der Waals surface area contributed by atoms with E-state index in [0.717, 1.165) is 42.2 Å². The highest BCUT2D eigenvalue weighted by Gasteiger charge is 2.25. The largest absolute Gasteiger partial charge is 0.450 e. The number of nitrogens with zero attached hydrogens (tertiary/aromatic N) is 6. The maximum absolute atomic E-state index is 11.9. The molecule has 1 saturated heterocycles. The Kier molecular flexibility index (Phi) is 5.98. The quantitative estimate of drug-likeness (QED) is 0.774. The average Bonchev–Trinajstić information content (AvgIpc) is 2.97. The van der Waals surface area contributed by atoms with E-state index in [4.69, 9.17) is 14.7 Å². The molecular weight excluding hydrogens is 346 g/mol. The zero-order valence-electron chi connectivity index (χ0n) is 16.7. The molecule has 0 bridgehead atoms. The third-order valence-electron chi connectivity index (χ3n) is 4.84. The highest BCUT2D eigenvalue weighted by molar-refractivity contribution is 5.85. The summed E-state index contributed by atoms with van der Waals surface area (Å²) >= 11 is 0. The summed E-state index contributed by atoms with van der Waals surface area (Å²) in [6.45, 7) is 9.75. The van der Waals surface area contributed by atoms with Gasteiger partial charge in [0.15, 0.2) is 17.0 Å². The number of imidazole rings is 1. The van der Waals surface area contributed by atoms with E-state index < -0.39 is 0 Å². The molecular formula is C18H29N7O2. The fourth-order valence-electron chi connectivity index (χ4n) is 3.11. The summed E-state index contributed by atoms with van der Waals surface area (Å²) in [4.78, 5) is 29.9. The summed E-state index contributed by atoms with van der Waals surface area (Å²) in [5.41, 5.74) is 1.63. The monoisotopic (exact) mass is 375 g/mol. The second kappa shape index (κ2) is 8.41. The number of hydrogen-bond donors (Lipinski definition) is 1. The zero-order chi connectivity index (χ0) is 19.4. The van der Waals surface area contributed by atoms with Crippen molar-refractivity contribution in [2.45, 2.75) is 33.6 Å². The van der Waals surface area contributed by atoms with Gasteiger partial charge in [0.05, 0.1) is 6.61 Å². The van der Waals surface area contributed by atoms with Crippen molar-refractivity contribution in [3.05, 3.63) is 5.82 Å². The SMILES string of the molecule is CCCCNc1nc(N2CCN(C(=O)OCC)CC2)nc2c1nc(C)n2C. The van der Waals surface area contributed by atoms with Gasteiger partial charge >= 0.3 is 6.09 Å². The maximum atomic E-state index is 11.9. The molecule has 2 aromatic rings. The van der Waals surface area contributed by atoms with Gasteiger partial charge in [-0.3, -0.25) is 0 Å². The first kappa shape index (κ1) is 19.2. The minimum absolute atomic E-state index is 0.252. The molecule has 1 amide bonds. The lowest BCUT2D eigenvalue weighted by Crippen LogP contribution is -2.49. The van der Waals surface area contributed by atoms with Gasteiger partial charge < -0.3 is 24.4 Å². The third-order valence-corrected chi connectivity index (χ3v) is 4.84. The predicted octanol–water partition coefficient (Wildman–Crippen LogP) is 2.16. The van der Waals surface area contributed by atoms with Gasteiger partial charge in [0.2, 0.25) is 5.95 Å². The van der Waals surface area contributed by atoms with Gasteiger partial charge in [0.25, 0.3) is 0 Å². The first-order valence-electron chi connectivity index (χ1n) is 9.66. The van der Waals surface area contributed by atoms with Crippen molar-refractivity contribution in [1.29, 1.82) is 0 Å². The van der Waals surface area contributed by atoms with Crippen LogP contribution in [0.5, 0.6) is 0 Å². The normalized spacial score (nSPS) is 14.7. The topological polar surface area (TPSA) is 88.4 Å². The summed E-state index contributed by atoms with van der Waals surface area (Å²) in [5.74, 6) is 2.36. The number of amides is 1. The molecule has 1 aliphatic rings. The first-order valence-corrected chi connectivity index (χ1v) is 9.66. The van der Waals surface area contributed by atoms with Crippen molar-refractivity contribution in [1.82, 2.24) is 24.4 Å². The number of nitrogens with one attached hydrogen (secondary N) is 1. The standard InChI is InChI=1S/C18H29N7O2/c1-5-7-8-19-15-14-16(23(4)13(3)20-14)22-17(21-15)24-9-11-25(12-10-24)18(26)27-6-2/h5-12H2,1-4H3,(H,19,21,22). The molecule has 2 aromatic heterocycles. The zero-order valence-corrected chi connectivity index (χ0v) is 16.7. The van der Waals surface area contributed by atoms with Crippen LogP contribution in [0.4, 0.5) is 16.6 Å². The molecule has 27 heavy (non-hydrogen) atoms. The van der Waals surface area contributed by atoms with Crippen molar-refractivity contribution in [3.8, 4) is 0 Å². The number of unbranched alkanes of at least 4 members (excludes halogenated alkanes) is 1. The molecule has 9 heteroatoms. The van der Waals surface area contributed by atoms with E-state index in [1.54, 1.807) is 4.90 Å². The van der Waals surface area contributed by atoms with Crippen LogP contribution in [0.2, 0.25) is 0 Å². The lowest BCUT2D eigenvalue weighted by Gasteiger charge is -2.34. The van der Waals surface area contributed by atoms with Crippen LogP contribution in [-0.2, 0) is 11.8 Å². The van der Waals surface area contributed by atoms with Gasteiger partial charge in [0.1, 0.15) is 5.82 Å². The minimum Gasteiger partial charge on any atom is -0.450 e. The number of rotatable bonds is 6. The Morgan fingerprint density at radius 1 is 1.15 bits per heavy atom. The van der Waals surface area contributed by atoms with Crippen LogP contribution in [0, 0.1) is 6.92 Å². The second-order valence-electron chi connectivity index (χ2n) is 6.72. The number of carbonyl (C=O) groups is 1. The van der Waals surface area contributed by atoms with Crippen LogP contribution in [-0.4, -0.2) is 69.8 Å². The van der Waals surface area contributed by atoms with Crippen LogP contribution in [0.1, 0.15) is 32.5 Å². The Hall–Kier alpha value is -2.58. The highest BCUT2D eigenvalue weighted by atomic mass is 16.6. The minimum atomic E-state index is -0.252. The maximum Gasteiger partial charge on any atom is 0.409 e. The Balaban J connectivity index is 1.82. The summed E-state index contributed by atoms with van der Waals surface area (Å²) < 4.78 is 7.07. The van der Waals surface area contributed by atoms with Crippen molar-refractivity contribution < 1.29 is 9.53 Å². The molecule has 3 rings (SSSR count). The third kappa shape index (κ3) is 4.06. The van der Waals surface area contributed by atoms with Crippen molar-refractivity contribution in [3.63, 3.8) is 0 Å². The number of carbonyl (C=O) groups excluding carboxylic acids is 1. The second-order valence-corrected chi connectivity index (χ2v) is 6.72. The number of fused-ring (bicyclic) bond motifs is 1. The van der Waals surface area contributed by atoms with Crippen LogP contribution in [0.25, 0.3) is 11.2 Å². The van der Waals surface area contributed by atoms with E-state index in [2.05, 4.69) is 22.1 Å². The summed E-state index contributed by atoms with van der Waals surface area (Å²) in [6.07, 6.45) is 1.94. The molecule has 0 radical (unpaired) electrons. The molecule has 3 heterocycles. The number of aryl methyl sites for hydroxylation is 2. The van der Waals surface area contributed by atoms with E-state index in [0.29, 0.717) is 38.7 Å². The average molecular weight is 375 g/mol. The molecule has 0 unspecified atom stereocenters. The van der Waals surface area contributed by atoms with Gasteiger partial charge in [-0.2, -0.15) is 9.97 Å². The molecule has 0 spiro atoms. The number of piperazine rings is 1. The Labute approximate surface area is 159 Å². The number of anilines is 2. The fourth-order valence-corrected chi connectivity index (χ4v) is 3.11. The van der Waals surface area contributed by atoms with E-state index in [9.17, 15) is 4.79 Å². The Bertz CT molecular complexity index is 797. The van der Waals surface area contributed by atoms with E-state index >= 15 is 0 Å². The number of hydrogen-bond acceptors (Lipinski definition) is 7. The van der Waals surface area contributed by atoms with Crippen LogP contribution in [0.3, 0.4) is 0 Å². The van der Waals surface area contributed by atoms with E-state index in [1.807, 2.05) is 25.5 Å². The van der Waals surface area contributed by atoms with Crippen LogP contribution >= 0.6 is 0 Å². The molecule has 0 saturated carbocycles. The van der Waals surface area contributed by atoms with Crippen molar-refractivity contribution in [2.24, 2.45) is 7.05 Å².